The van der Waals surface area contributed by atoms with Crippen molar-refractivity contribution in [2.75, 3.05) is 5.32 Å². The normalized spacial score (nSPS) is 25.5. The zero-order valence-electron chi connectivity index (χ0n) is 22.6. The van der Waals surface area contributed by atoms with Gasteiger partial charge in [-0.05, 0) is 118 Å². The van der Waals surface area contributed by atoms with Crippen LogP contribution in [-0.4, -0.2) is 27.0 Å². The predicted molar refractivity (Wildman–Crippen MR) is 149 cm³/mol. The SMILES string of the molecule is Cc1ccccc1-c1nc(C(=O)Nc2ccc(C)c(C(=O)O)c2C)c(CCC23CC4CC(CC(C4)C2)C3)[nH]1. The van der Waals surface area contributed by atoms with Gasteiger partial charge in [-0.15, -0.1) is 0 Å². The van der Waals surface area contributed by atoms with Gasteiger partial charge in [-0.1, -0.05) is 30.3 Å². The third-order valence-electron chi connectivity index (χ3n) is 9.60. The van der Waals surface area contributed by atoms with Crippen molar-refractivity contribution in [2.45, 2.75) is 72.1 Å². The van der Waals surface area contributed by atoms with Crippen LogP contribution in [0.2, 0.25) is 0 Å². The van der Waals surface area contributed by atoms with Gasteiger partial charge in [0.2, 0.25) is 0 Å². The van der Waals surface area contributed by atoms with Crippen molar-refractivity contribution in [3.8, 4) is 11.4 Å². The number of carboxylic acids is 1. The van der Waals surface area contributed by atoms with Crippen molar-refractivity contribution < 1.29 is 14.7 Å². The summed E-state index contributed by atoms with van der Waals surface area (Å²) in [5, 5.41) is 12.7. The van der Waals surface area contributed by atoms with E-state index in [1.54, 1.807) is 26.0 Å². The van der Waals surface area contributed by atoms with E-state index in [0.29, 0.717) is 33.7 Å². The lowest BCUT2D eigenvalue weighted by atomic mass is 9.48. The van der Waals surface area contributed by atoms with Crippen molar-refractivity contribution in [2.24, 2.45) is 23.2 Å². The second kappa shape index (κ2) is 9.40. The first-order valence-electron chi connectivity index (χ1n) is 14.0. The van der Waals surface area contributed by atoms with Gasteiger partial charge in [0.25, 0.3) is 5.91 Å². The number of anilines is 1. The highest BCUT2D eigenvalue weighted by Crippen LogP contribution is 2.61. The molecule has 0 saturated heterocycles. The highest BCUT2D eigenvalue weighted by Gasteiger charge is 2.50. The summed E-state index contributed by atoms with van der Waals surface area (Å²) in [6, 6.07) is 11.6. The summed E-state index contributed by atoms with van der Waals surface area (Å²) in [7, 11) is 0. The predicted octanol–water partition coefficient (Wildman–Crippen LogP) is 7.10. The minimum Gasteiger partial charge on any atom is -0.478 e. The van der Waals surface area contributed by atoms with E-state index in [-0.39, 0.29) is 11.5 Å². The highest BCUT2D eigenvalue weighted by atomic mass is 16.4. The highest BCUT2D eigenvalue weighted by molar-refractivity contribution is 6.05. The molecule has 0 atom stereocenters. The van der Waals surface area contributed by atoms with Crippen LogP contribution in [0.1, 0.15) is 88.2 Å². The molecule has 4 bridgehead atoms. The molecular formula is C32H37N3O3. The van der Waals surface area contributed by atoms with Gasteiger partial charge in [0.1, 0.15) is 11.5 Å². The van der Waals surface area contributed by atoms with E-state index >= 15 is 0 Å². The number of aromatic carboxylic acids is 1. The maximum Gasteiger partial charge on any atom is 0.336 e. The molecule has 0 spiro atoms. The van der Waals surface area contributed by atoms with Crippen LogP contribution in [0.4, 0.5) is 5.69 Å². The summed E-state index contributed by atoms with van der Waals surface area (Å²) >= 11 is 0. The number of nitrogens with one attached hydrogen (secondary N) is 2. The largest absolute Gasteiger partial charge is 0.478 e. The van der Waals surface area contributed by atoms with Crippen LogP contribution in [0.3, 0.4) is 0 Å². The monoisotopic (exact) mass is 511 g/mol. The van der Waals surface area contributed by atoms with Gasteiger partial charge in [0.15, 0.2) is 0 Å². The molecule has 6 nitrogen and oxygen atoms in total. The van der Waals surface area contributed by atoms with Gasteiger partial charge >= 0.3 is 5.97 Å². The minimum absolute atomic E-state index is 0.229. The van der Waals surface area contributed by atoms with Crippen LogP contribution < -0.4 is 5.32 Å². The minimum atomic E-state index is -0.992. The van der Waals surface area contributed by atoms with Gasteiger partial charge < -0.3 is 15.4 Å². The average Bonchev–Trinajstić information content (AvgIpc) is 3.28. The number of carboxylic acid groups (broad SMARTS) is 1. The van der Waals surface area contributed by atoms with E-state index in [1.165, 1.54) is 38.5 Å². The number of rotatable bonds is 7. The molecule has 2 aromatic carbocycles. The van der Waals surface area contributed by atoms with E-state index in [4.69, 9.17) is 4.98 Å². The number of hydrogen-bond donors (Lipinski definition) is 3. The summed E-state index contributed by atoms with van der Waals surface area (Å²) in [5.74, 6) is 2.09. The molecule has 3 aromatic rings. The lowest BCUT2D eigenvalue weighted by Crippen LogP contribution is -2.46. The number of aromatic nitrogens is 2. The van der Waals surface area contributed by atoms with E-state index in [0.717, 1.165) is 47.4 Å². The lowest BCUT2D eigenvalue weighted by Gasteiger charge is -2.57. The van der Waals surface area contributed by atoms with Crippen molar-refractivity contribution in [1.82, 2.24) is 9.97 Å². The summed E-state index contributed by atoms with van der Waals surface area (Å²) < 4.78 is 0. The van der Waals surface area contributed by atoms with Crippen molar-refractivity contribution in [1.29, 1.82) is 0 Å². The third kappa shape index (κ3) is 4.44. The Morgan fingerprint density at radius 3 is 2.26 bits per heavy atom. The lowest BCUT2D eigenvalue weighted by molar-refractivity contribution is -0.0570. The van der Waals surface area contributed by atoms with Crippen molar-refractivity contribution in [3.05, 3.63) is 70.0 Å². The van der Waals surface area contributed by atoms with Crippen LogP contribution in [0, 0.1) is 43.9 Å². The van der Waals surface area contributed by atoms with E-state index in [9.17, 15) is 14.7 Å². The number of H-pyrrole nitrogens is 1. The number of hydrogen-bond acceptors (Lipinski definition) is 3. The molecule has 4 fully saturated rings. The van der Waals surface area contributed by atoms with Crippen LogP contribution >= 0.6 is 0 Å². The molecule has 3 N–H and O–H groups in total. The van der Waals surface area contributed by atoms with Crippen LogP contribution in [0.5, 0.6) is 0 Å². The third-order valence-corrected chi connectivity index (χ3v) is 9.60. The van der Waals surface area contributed by atoms with Crippen molar-refractivity contribution in [3.63, 3.8) is 0 Å². The molecule has 0 aliphatic heterocycles. The van der Waals surface area contributed by atoms with E-state index in [2.05, 4.69) is 23.3 Å². The van der Waals surface area contributed by atoms with Gasteiger partial charge in [-0.25, -0.2) is 9.78 Å². The number of imidazole rings is 1. The van der Waals surface area contributed by atoms with Gasteiger partial charge in [0, 0.05) is 16.9 Å². The molecule has 0 radical (unpaired) electrons. The Morgan fingerprint density at radius 2 is 1.63 bits per heavy atom. The van der Waals surface area contributed by atoms with E-state index < -0.39 is 5.97 Å². The zero-order valence-corrected chi connectivity index (χ0v) is 22.6. The Balaban J connectivity index is 1.31. The molecular weight excluding hydrogens is 474 g/mol. The molecule has 1 amide bonds. The summed E-state index contributed by atoms with van der Waals surface area (Å²) in [4.78, 5) is 33.8. The Kier molecular flexibility index (Phi) is 6.16. The molecule has 0 unspecified atom stereocenters. The van der Waals surface area contributed by atoms with Gasteiger partial charge in [-0.3, -0.25) is 4.79 Å². The van der Waals surface area contributed by atoms with Gasteiger partial charge in [-0.2, -0.15) is 0 Å². The molecule has 4 aliphatic rings. The first kappa shape index (κ1) is 24.9. The van der Waals surface area contributed by atoms with Crippen LogP contribution in [0.15, 0.2) is 36.4 Å². The second-order valence-corrected chi connectivity index (χ2v) is 12.3. The fraction of sp³-hybridized carbons (Fsp3) is 0.469. The molecule has 198 valence electrons. The average molecular weight is 512 g/mol. The summed E-state index contributed by atoms with van der Waals surface area (Å²) in [6.45, 7) is 5.56. The number of aryl methyl sites for hydroxylation is 3. The Bertz CT molecular complexity index is 1380. The Morgan fingerprint density at radius 1 is 0.974 bits per heavy atom. The quantitative estimate of drug-likeness (QED) is 0.315. The molecule has 1 heterocycles. The first-order chi connectivity index (χ1) is 18.2. The molecule has 1 aromatic heterocycles. The number of nitrogens with zero attached hydrogens (tertiary/aromatic N) is 1. The standard InChI is InChI=1S/C32H37N3O3/c1-18-6-4-5-7-24(18)29-33-26(10-11-32-15-21-12-22(16-32)14-23(13-21)17-32)28(35-29)30(36)34-25-9-8-19(2)27(20(25)3)31(37)38/h4-9,21-23H,10-17H2,1-3H3,(H,33,35)(H,34,36)(H,37,38). The molecule has 4 saturated carbocycles. The number of benzene rings is 2. The molecule has 4 aliphatic carbocycles. The topological polar surface area (TPSA) is 95.1 Å². The summed E-state index contributed by atoms with van der Waals surface area (Å²) in [5.41, 5.74) is 5.73. The van der Waals surface area contributed by atoms with Crippen molar-refractivity contribution >= 4 is 17.6 Å². The fourth-order valence-corrected chi connectivity index (χ4v) is 8.22. The van der Waals surface area contributed by atoms with Gasteiger partial charge in [0.05, 0.1) is 5.56 Å². The van der Waals surface area contributed by atoms with E-state index in [1.807, 2.05) is 18.2 Å². The Labute approximate surface area is 224 Å². The van der Waals surface area contributed by atoms with Crippen LogP contribution in [-0.2, 0) is 6.42 Å². The molecule has 6 heteroatoms. The molecule has 7 rings (SSSR count). The Hall–Kier alpha value is -3.41. The zero-order chi connectivity index (χ0) is 26.6. The maximum atomic E-state index is 13.7. The van der Waals surface area contributed by atoms with Crippen LogP contribution in [0.25, 0.3) is 11.4 Å². The smallest absolute Gasteiger partial charge is 0.336 e. The second-order valence-electron chi connectivity index (χ2n) is 12.3. The fourth-order valence-electron chi connectivity index (χ4n) is 8.22. The number of carbonyl (C=O) groups is 2. The number of carbonyl (C=O) groups excluding carboxylic acids is 1. The molecule has 38 heavy (non-hydrogen) atoms. The number of aromatic amines is 1. The first-order valence-corrected chi connectivity index (χ1v) is 14.0. The number of amides is 1. The summed E-state index contributed by atoms with van der Waals surface area (Å²) in [6.07, 6.45) is 10.1. The maximum absolute atomic E-state index is 13.7.